The lowest BCUT2D eigenvalue weighted by Crippen LogP contribution is -2.21. The molecule has 0 saturated carbocycles. The number of carbonyl (C=O) groups excluding carboxylic acids is 2. The highest BCUT2D eigenvalue weighted by atomic mass is 31.2. The van der Waals surface area contributed by atoms with Gasteiger partial charge in [0.05, 0.1) is 28.4 Å². The second-order valence-corrected chi connectivity index (χ2v) is 12.6. The lowest BCUT2D eigenvalue weighted by molar-refractivity contribution is 0.103. The summed E-state index contributed by atoms with van der Waals surface area (Å²) in [4.78, 5) is 28.2. The topological polar surface area (TPSA) is 88.1 Å². The SMILES string of the molecule is COc1cccc(OC)c1C(=O)P(=O)(CC(C)CC(C)(C)C)C(=O)c1c(OC)cc(C)cc1OC. The molecule has 0 aliphatic rings. The van der Waals surface area contributed by atoms with Crippen molar-refractivity contribution in [3.8, 4) is 23.0 Å². The molecule has 0 spiro atoms. The molecule has 0 fully saturated rings. The zero-order valence-electron chi connectivity index (χ0n) is 22.2. The first-order chi connectivity index (χ1) is 16.3. The van der Waals surface area contributed by atoms with E-state index >= 15 is 0 Å². The van der Waals surface area contributed by atoms with Crippen LogP contribution in [0, 0.1) is 18.3 Å². The monoisotopic (exact) mass is 504 g/mol. The Hall–Kier alpha value is -2.79. The maximum absolute atomic E-state index is 14.7. The highest BCUT2D eigenvalue weighted by Crippen LogP contribution is 2.58. The second kappa shape index (κ2) is 11.3. The van der Waals surface area contributed by atoms with Crippen LogP contribution in [0.5, 0.6) is 23.0 Å². The third-order valence-electron chi connectivity index (χ3n) is 5.69. The van der Waals surface area contributed by atoms with Crippen molar-refractivity contribution in [3.05, 3.63) is 47.0 Å². The molecule has 35 heavy (non-hydrogen) atoms. The number of methoxy groups -OCH3 is 4. The van der Waals surface area contributed by atoms with E-state index in [1.807, 2.05) is 13.8 Å². The van der Waals surface area contributed by atoms with E-state index in [4.69, 9.17) is 18.9 Å². The largest absolute Gasteiger partial charge is 0.496 e. The molecule has 8 heteroatoms. The molecule has 2 rings (SSSR count). The fourth-order valence-corrected chi connectivity index (χ4v) is 7.17. The van der Waals surface area contributed by atoms with E-state index in [1.54, 1.807) is 30.3 Å². The lowest BCUT2D eigenvalue weighted by Gasteiger charge is -2.27. The van der Waals surface area contributed by atoms with Crippen LogP contribution in [0.4, 0.5) is 0 Å². The number of rotatable bonds is 11. The minimum absolute atomic E-state index is 0.00546. The molecule has 2 aromatic carbocycles. The predicted molar refractivity (Wildman–Crippen MR) is 138 cm³/mol. The van der Waals surface area contributed by atoms with Crippen molar-refractivity contribution in [1.82, 2.24) is 0 Å². The number of ether oxygens (including phenoxy) is 4. The fourth-order valence-electron chi connectivity index (χ4n) is 4.48. The summed E-state index contributed by atoms with van der Waals surface area (Å²) in [6, 6.07) is 8.14. The third-order valence-corrected chi connectivity index (χ3v) is 8.59. The summed E-state index contributed by atoms with van der Waals surface area (Å²) in [5, 5.41) is 0. The lowest BCUT2D eigenvalue weighted by atomic mass is 9.86. The van der Waals surface area contributed by atoms with Gasteiger partial charge in [-0.3, -0.25) is 9.59 Å². The first-order valence-electron chi connectivity index (χ1n) is 11.4. The Morgan fingerprint density at radius 1 is 0.829 bits per heavy atom. The maximum Gasteiger partial charge on any atom is 0.236 e. The first kappa shape index (κ1) is 28.4. The predicted octanol–water partition coefficient (Wildman–Crippen LogP) is 6.45. The van der Waals surface area contributed by atoms with E-state index in [0.29, 0.717) is 6.42 Å². The molecule has 0 saturated heterocycles. The standard InChI is InChI=1S/C27H37O7P/c1-17-13-21(33-8)24(22(14-17)34-9)26(29)35(30,16-18(2)15-27(3,4)5)25(28)23-19(31-6)11-10-12-20(23)32-7/h10-14,18H,15-16H2,1-9H3. The van der Waals surface area contributed by atoms with Crippen LogP contribution in [0.15, 0.2) is 30.3 Å². The number of hydrogen-bond donors (Lipinski definition) is 0. The summed E-state index contributed by atoms with van der Waals surface area (Å²) in [7, 11) is 1.40. The zero-order valence-corrected chi connectivity index (χ0v) is 23.1. The van der Waals surface area contributed by atoms with Gasteiger partial charge in [-0.1, -0.05) is 33.8 Å². The number of carbonyl (C=O) groups is 2. The van der Waals surface area contributed by atoms with Gasteiger partial charge >= 0.3 is 0 Å². The van der Waals surface area contributed by atoms with Gasteiger partial charge in [-0.2, -0.15) is 0 Å². The molecule has 0 aliphatic heterocycles. The normalized spacial score (nSPS) is 14.0. The summed E-state index contributed by atoms with van der Waals surface area (Å²) in [5.41, 5.74) is -0.912. The summed E-state index contributed by atoms with van der Waals surface area (Å²) < 4.78 is 36.5. The van der Waals surface area contributed by atoms with Gasteiger partial charge in [0.2, 0.25) is 18.2 Å². The van der Waals surface area contributed by atoms with Crippen LogP contribution < -0.4 is 18.9 Å². The molecular formula is C27H37O7P. The first-order valence-corrected chi connectivity index (χ1v) is 13.3. The van der Waals surface area contributed by atoms with Crippen molar-refractivity contribution in [2.75, 3.05) is 34.6 Å². The van der Waals surface area contributed by atoms with Crippen LogP contribution in [0.25, 0.3) is 0 Å². The third kappa shape index (κ3) is 6.26. The van der Waals surface area contributed by atoms with Crippen LogP contribution in [-0.4, -0.2) is 45.6 Å². The van der Waals surface area contributed by atoms with Crippen LogP contribution in [0.3, 0.4) is 0 Å². The minimum atomic E-state index is -4.26. The van der Waals surface area contributed by atoms with Crippen LogP contribution in [0.1, 0.15) is 60.4 Å². The van der Waals surface area contributed by atoms with Gasteiger partial charge in [0.25, 0.3) is 0 Å². The van der Waals surface area contributed by atoms with Gasteiger partial charge in [0.1, 0.15) is 34.1 Å². The van der Waals surface area contributed by atoms with E-state index in [9.17, 15) is 14.2 Å². The Morgan fingerprint density at radius 3 is 1.60 bits per heavy atom. The quantitative estimate of drug-likeness (QED) is 0.325. The van der Waals surface area contributed by atoms with Crippen molar-refractivity contribution in [2.45, 2.75) is 41.0 Å². The van der Waals surface area contributed by atoms with E-state index in [0.717, 1.165) is 5.56 Å². The summed E-state index contributed by atoms with van der Waals surface area (Å²) in [6.45, 7) is 9.92. The van der Waals surface area contributed by atoms with Crippen molar-refractivity contribution < 1.29 is 33.1 Å². The summed E-state index contributed by atoms with van der Waals surface area (Å²) in [6.07, 6.45) is 0.562. The van der Waals surface area contributed by atoms with Gasteiger partial charge in [-0.05, 0) is 54.5 Å². The van der Waals surface area contributed by atoms with Crippen molar-refractivity contribution in [3.63, 3.8) is 0 Å². The molecule has 0 radical (unpaired) electrons. The van der Waals surface area contributed by atoms with Crippen molar-refractivity contribution in [2.24, 2.45) is 11.3 Å². The van der Waals surface area contributed by atoms with E-state index in [1.165, 1.54) is 28.4 Å². The highest BCUT2D eigenvalue weighted by molar-refractivity contribution is 7.95. The molecule has 192 valence electrons. The van der Waals surface area contributed by atoms with Crippen molar-refractivity contribution in [1.29, 1.82) is 0 Å². The molecule has 0 bridgehead atoms. The number of hydrogen-bond acceptors (Lipinski definition) is 7. The molecule has 7 nitrogen and oxygen atoms in total. The van der Waals surface area contributed by atoms with E-state index in [2.05, 4.69) is 20.8 Å². The van der Waals surface area contributed by atoms with Gasteiger partial charge in [-0.25, -0.2) is 0 Å². The number of aryl methyl sites for hydroxylation is 1. The molecule has 2 unspecified atom stereocenters. The number of benzene rings is 2. The summed E-state index contributed by atoms with van der Waals surface area (Å²) in [5.74, 6) is 0.602. The molecule has 0 aliphatic carbocycles. The van der Waals surface area contributed by atoms with Gasteiger partial charge in [-0.15, -0.1) is 0 Å². The Kier molecular flexibility index (Phi) is 9.18. The molecular weight excluding hydrogens is 467 g/mol. The average molecular weight is 505 g/mol. The average Bonchev–Trinajstić information content (AvgIpc) is 2.80. The molecule has 0 heterocycles. The smallest absolute Gasteiger partial charge is 0.236 e. The van der Waals surface area contributed by atoms with Crippen LogP contribution >= 0.6 is 7.14 Å². The Morgan fingerprint density at radius 2 is 1.23 bits per heavy atom. The van der Waals surface area contributed by atoms with Gasteiger partial charge in [0.15, 0.2) is 0 Å². The fraction of sp³-hybridized carbons (Fsp3) is 0.481. The molecule has 0 amide bonds. The second-order valence-electron chi connectivity index (χ2n) is 9.98. The zero-order chi connectivity index (χ0) is 26.6. The Labute approximate surface area is 208 Å². The summed E-state index contributed by atoms with van der Waals surface area (Å²) >= 11 is 0. The van der Waals surface area contributed by atoms with Gasteiger partial charge in [0, 0.05) is 6.16 Å². The van der Waals surface area contributed by atoms with E-state index < -0.39 is 18.2 Å². The van der Waals surface area contributed by atoms with Crippen molar-refractivity contribution >= 4 is 18.2 Å². The Balaban J connectivity index is 2.80. The minimum Gasteiger partial charge on any atom is -0.496 e. The Bertz CT molecular complexity index is 1080. The maximum atomic E-state index is 14.7. The molecule has 2 atom stereocenters. The highest BCUT2D eigenvalue weighted by Gasteiger charge is 2.46. The van der Waals surface area contributed by atoms with E-state index in [-0.39, 0.29) is 51.6 Å². The molecule has 0 aromatic heterocycles. The van der Waals surface area contributed by atoms with Crippen LogP contribution in [-0.2, 0) is 4.57 Å². The molecule has 2 aromatic rings. The van der Waals surface area contributed by atoms with Crippen LogP contribution in [0.2, 0.25) is 0 Å². The molecule has 0 N–H and O–H groups in total. The van der Waals surface area contributed by atoms with Gasteiger partial charge < -0.3 is 23.5 Å².